The lowest BCUT2D eigenvalue weighted by Gasteiger charge is -2.16. The Kier molecular flexibility index (Phi) is 5.11. The van der Waals surface area contributed by atoms with Gasteiger partial charge in [0.15, 0.2) is 0 Å². The second-order valence-corrected chi connectivity index (χ2v) is 7.39. The van der Waals surface area contributed by atoms with Crippen LogP contribution in [-0.4, -0.2) is 44.8 Å². The molecule has 0 radical (unpaired) electrons. The fourth-order valence-corrected chi connectivity index (χ4v) is 3.61. The van der Waals surface area contributed by atoms with E-state index in [9.17, 15) is 14.7 Å². The molecule has 2 aromatic rings. The Hall–Kier alpha value is -2.63. The summed E-state index contributed by atoms with van der Waals surface area (Å²) >= 11 is 0. The molecule has 0 saturated carbocycles. The first-order valence-corrected chi connectivity index (χ1v) is 8.98. The molecule has 1 aromatic carbocycles. The van der Waals surface area contributed by atoms with Crippen LogP contribution >= 0.6 is 0 Å². The smallest absolute Gasteiger partial charge is 0.308 e. The van der Waals surface area contributed by atoms with E-state index in [0.717, 1.165) is 17.8 Å². The topological polar surface area (TPSA) is 75.4 Å². The largest absolute Gasteiger partial charge is 0.481 e. The molecule has 0 bridgehead atoms. The molecular weight excluding hydrogens is 330 g/mol. The van der Waals surface area contributed by atoms with Gasteiger partial charge in [-0.05, 0) is 18.4 Å². The first-order valence-electron chi connectivity index (χ1n) is 8.98. The summed E-state index contributed by atoms with van der Waals surface area (Å²) in [6.07, 6.45) is 1.60. The highest BCUT2D eigenvalue weighted by molar-refractivity contribution is 5.95. The van der Waals surface area contributed by atoms with Crippen molar-refractivity contribution in [1.29, 1.82) is 0 Å². The number of amides is 1. The van der Waals surface area contributed by atoms with E-state index in [0.29, 0.717) is 18.0 Å². The fraction of sp³-hybridized carbons (Fsp3) is 0.450. The van der Waals surface area contributed by atoms with Crippen molar-refractivity contribution < 1.29 is 14.7 Å². The fourth-order valence-electron chi connectivity index (χ4n) is 3.61. The third-order valence-corrected chi connectivity index (χ3v) is 5.02. The molecule has 6 heteroatoms. The van der Waals surface area contributed by atoms with Gasteiger partial charge in [0.1, 0.15) is 0 Å². The minimum absolute atomic E-state index is 0.137. The zero-order valence-corrected chi connectivity index (χ0v) is 15.4. The summed E-state index contributed by atoms with van der Waals surface area (Å²) in [7, 11) is 0. The van der Waals surface area contributed by atoms with Gasteiger partial charge in [-0.3, -0.25) is 14.3 Å². The van der Waals surface area contributed by atoms with Crippen molar-refractivity contribution in [2.45, 2.75) is 33.2 Å². The van der Waals surface area contributed by atoms with Crippen LogP contribution in [0.15, 0.2) is 36.5 Å². The zero-order valence-electron chi connectivity index (χ0n) is 15.4. The summed E-state index contributed by atoms with van der Waals surface area (Å²) < 4.78 is 1.84. The highest BCUT2D eigenvalue weighted by Crippen LogP contribution is 2.33. The number of carbonyl (C=O) groups excluding carboxylic acids is 1. The van der Waals surface area contributed by atoms with Crippen molar-refractivity contribution in [3.8, 4) is 0 Å². The molecule has 1 fully saturated rings. The van der Waals surface area contributed by atoms with Gasteiger partial charge in [-0.2, -0.15) is 5.10 Å². The number of benzene rings is 1. The molecule has 2 heterocycles. The average molecular weight is 355 g/mol. The summed E-state index contributed by atoms with van der Waals surface area (Å²) in [4.78, 5) is 26.4. The number of carboxylic acid groups (broad SMARTS) is 1. The molecule has 1 aliphatic heterocycles. The standard InChI is InChI=1S/C20H25N3O3/c1-13(2)10-23-14(3)16(9-21-23)19(24)22-11-17(18(12-22)20(25)26)15-7-5-4-6-8-15/h4-9,13,17-18H,10-12H2,1-3H3,(H,25,26). The van der Waals surface area contributed by atoms with Crippen LogP contribution in [-0.2, 0) is 11.3 Å². The Morgan fingerprint density at radius 3 is 2.54 bits per heavy atom. The van der Waals surface area contributed by atoms with Crippen LogP contribution in [0.4, 0.5) is 0 Å². The van der Waals surface area contributed by atoms with Gasteiger partial charge in [-0.15, -0.1) is 0 Å². The molecule has 1 N–H and O–H groups in total. The van der Waals surface area contributed by atoms with Crippen LogP contribution in [0.2, 0.25) is 0 Å². The van der Waals surface area contributed by atoms with Gasteiger partial charge in [0.2, 0.25) is 0 Å². The molecule has 1 saturated heterocycles. The second kappa shape index (κ2) is 7.32. The lowest BCUT2D eigenvalue weighted by Crippen LogP contribution is -2.30. The van der Waals surface area contributed by atoms with E-state index in [1.54, 1.807) is 11.1 Å². The van der Waals surface area contributed by atoms with E-state index in [4.69, 9.17) is 0 Å². The molecule has 26 heavy (non-hydrogen) atoms. The monoisotopic (exact) mass is 355 g/mol. The van der Waals surface area contributed by atoms with Crippen molar-refractivity contribution in [3.63, 3.8) is 0 Å². The zero-order chi connectivity index (χ0) is 18.8. The predicted octanol–water partition coefficient (Wildman–Crippen LogP) is 2.79. The lowest BCUT2D eigenvalue weighted by atomic mass is 9.89. The van der Waals surface area contributed by atoms with Gasteiger partial charge in [0.05, 0.1) is 17.7 Å². The number of hydrogen-bond donors (Lipinski definition) is 1. The van der Waals surface area contributed by atoms with Gasteiger partial charge in [0, 0.05) is 31.2 Å². The number of hydrogen-bond acceptors (Lipinski definition) is 3. The summed E-state index contributed by atoms with van der Waals surface area (Å²) in [5, 5.41) is 14.0. The van der Waals surface area contributed by atoms with Gasteiger partial charge in [-0.25, -0.2) is 0 Å². The molecule has 2 unspecified atom stereocenters. The third kappa shape index (κ3) is 3.49. The normalized spacial score (nSPS) is 19.9. The van der Waals surface area contributed by atoms with Crippen LogP contribution in [0.25, 0.3) is 0 Å². The van der Waals surface area contributed by atoms with E-state index in [-0.39, 0.29) is 18.4 Å². The van der Waals surface area contributed by atoms with Crippen LogP contribution in [0.5, 0.6) is 0 Å². The maximum atomic E-state index is 13.0. The first kappa shape index (κ1) is 18.2. The van der Waals surface area contributed by atoms with Crippen molar-refractivity contribution in [3.05, 3.63) is 53.3 Å². The SMILES string of the molecule is Cc1c(C(=O)N2CC(C(=O)O)C(c3ccccc3)C2)cnn1CC(C)C. The highest BCUT2D eigenvalue weighted by atomic mass is 16.4. The molecule has 0 spiro atoms. The van der Waals surface area contributed by atoms with E-state index in [2.05, 4.69) is 18.9 Å². The number of carbonyl (C=O) groups is 2. The number of rotatable bonds is 5. The number of aromatic nitrogens is 2. The van der Waals surface area contributed by atoms with E-state index < -0.39 is 11.9 Å². The van der Waals surface area contributed by atoms with Crippen LogP contribution < -0.4 is 0 Å². The van der Waals surface area contributed by atoms with E-state index in [1.807, 2.05) is 41.9 Å². The average Bonchev–Trinajstić information content (AvgIpc) is 3.20. The van der Waals surface area contributed by atoms with Crippen LogP contribution in [0.3, 0.4) is 0 Å². The van der Waals surface area contributed by atoms with Gasteiger partial charge < -0.3 is 10.0 Å². The molecule has 0 aliphatic carbocycles. The molecular formula is C20H25N3O3. The van der Waals surface area contributed by atoms with Crippen molar-refractivity contribution in [1.82, 2.24) is 14.7 Å². The molecule has 1 amide bonds. The first-order chi connectivity index (χ1) is 12.4. The molecule has 1 aromatic heterocycles. The van der Waals surface area contributed by atoms with Crippen molar-refractivity contribution >= 4 is 11.9 Å². The summed E-state index contributed by atoms with van der Waals surface area (Å²) in [6, 6.07) is 9.57. The Bertz CT molecular complexity index is 798. The van der Waals surface area contributed by atoms with Crippen LogP contribution in [0.1, 0.15) is 41.4 Å². The minimum atomic E-state index is -0.860. The minimum Gasteiger partial charge on any atom is -0.481 e. The molecule has 2 atom stereocenters. The Morgan fingerprint density at radius 2 is 1.92 bits per heavy atom. The number of aliphatic carboxylic acids is 1. The summed E-state index contributed by atoms with van der Waals surface area (Å²) in [5.41, 5.74) is 2.35. The predicted molar refractivity (Wildman–Crippen MR) is 98.0 cm³/mol. The third-order valence-electron chi connectivity index (χ3n) is 5.02. The van der Waals surface area contributed by atoms with Gasteiger partial charge in [-0.1, -0.05) is 44.2 Å². The molecule has 138 valence electrons. The van der Waals surface area contributed by atoms with E-state index >= 15 is 0 Å². The maximum absolute atomic E-state index is 13.0. The maximum Gasteiger partial charge on any atom is 0.308 e. The summed E-state index contributed by atoms with van der Waals surface area (Å²) in [5.74, 6) is -1.35. The van der Waals surface area contributed by atoms with E-state index in [1.165, 1.54) is 0 Å². The summed E-state index contributed by atoms with van der Waals surface area (Å²) in [6.45, 7) is 7.48. The second-order valence-electron chi connectivity index (χ2n) is 7.39. The quantitative estimate of drug-likeness (QED) is 0.895. The molecule has 3 rings (SSSR count). The lowest BCUT2D eigenvalue weighted by molar-refractivity contribution is -0.141. The molecule has 1 aliphatic rings. The van der Waals surface area contributed by atoms with Crippen molar-refractivity contribution in [2.75, 3.05) is 13.1 Å². The Balaban J connectivity index is 1.83. The Morgan fingerprint density at radius 1 is 1.23 bits per heavy atom. The number of likely N-dealkylation sites (tertiary alicyclic amines) is 1. The molecule has 6 nitrogen and oxygen atoms in total. The number of carboxylic acids is 1. The van der Waals surface area contributed by atoms with Gasteiger partial charge in [0.25, 0.3) is 5.91 Å². The highest BCUT2D eigenvalue weighted by Gasteiger charge is 2.41. The van der Waals surface area contributed by atoms with Crippen molar-refractivity contribution in [2.24, 2.45) is 11.8 Å². The van der Waals surface area contributed by atoms with Gasteiger partial charge >= 0.3 is 5.97 Å². The van der Waals surface area contributed by atoms with Crippen LogP contribution in [0, 0.1) is 18.8 Å². The Labute approximate surface area is 153 Å². The number of nitrogens with zero attached hydrogens (tertiary/aromatic N) is 3.